The molecule has 0 aliphatic carbocycles. The Morgan fingerprint density at radius 2 is 2.12 bits per heavy atom. The van der Waals surface area contributed by atoms with Crippen molar-refractivity contribution in [3.05, 3.63) is 34.3 Å². The number of benzene rings is 1. The second-order valence-electron chi connectivity index (χ2n) is 4.51. The summed E-state index contributed by atoms with van der Waals surface area (Å²) in [7, 11) is 2.08. The van der Waals surface area contributed by atoms with E-state index in [1.165, 1.54) is 0 Å². The van der Waals surface area contributed by atoms with Crippen LogP contribution in [0, 0.1) is 17.2 Å². The summed E-state index contributed by atoms with van der Waals surface area (Å²) in [6.45, 7) is 6.24. The molecule has 86 valence electrons. The number of nitrogens with zero attached hydrogens (tertiary/aromatic N) is 2. The largest absolute Gasteiger partial charge is 0.302 e. The van der Waals surface area contributed by atoms with Crippen LogP contribution in [-0.4, -0.2) is 18.5 Å². The van der Waals surface area contributed by atoms with E-state index in [9.17, 15) is 0 Å². The Bertz CT molecular complexity index is 393. The van der Waals surface area contributed by atoms with Gasteiger partial charge in [-0.15, -0.1) is 0 Å². The Balaban J connectivity index is 2.71. The van der Waals surface area contributed by atoms with E-state index in [-0.39, 0.29) is 0 Å². The van der Waals surface area contributed by atoms with E-state index in [4.69, 9.17) is 16.9 Å². The van der Waals surface area contributed by atoms with Gasteiger partial charge in [0.2, 0.25) is 0 Å². The van der Waals surface area contributed by atoms with Crippen LogP contribution in [0.1, 0.15) is 25.0 Å². The standard InChI is InChI=1S/C13H17ClN2/c1-10(2)8-16(3)9-12-5-4-11(7-15)6-13(12)14/h4-6,10H,8-9H2,1-3H3. The van der Waals surface area contributed by atoms with E-state index < -0.39 is 0 Å². The van der Waals surface area contributed by atoms with E-state index in [0.29, 0.717) is 16.5 Å². The van der Waals surface area contributed by atoms with Crippen LogP contribution in [0.5, 0.6) is 0 Å². The van der Waals surface area contributed by atoms with Gasteiger partial charge in [0.05, 0.1) is 11.6 Å². The highest BCUT2D eigenvalue weighted by molar-refractivity contribution is 6.31. The van der Waals surface area contributed by atoms with Crippen LogP contribution in [0.25, 0.3) is 0 Å². The second-order valence-corrected chi connectivity index (χ2v) is 4.92. The summed E-state index contributed by atoms with van der Waals surface area (Å²) in [4.78, 5) is 2.23. The number of rotatable bonds is 4. The van der Waals surface area contributed by atoms with Crippen molar-refractivity contribution >= 4 is 11.6 Å². The minimum Gasteiger partial charge on any atom is -0.302 e. The van der Waals surface area contributed by atoms with E-state index in [1.807, 2.05) is 12.1 Å². The summed E-state index contributed by atoms with van der Waals surface area (Å²) in [5.41, 5.74) is 1.68. The lowest BCUT2D eigenvalue weighted by Crippen LogP contribution is -2.22. The zero-order chi connectivity index (χ0) is 12.1. The van der Waals surface area contributed by atoms with Crippen LogP contribution in [0.2, 0.25) is 5.02 Å². The first-order valence-corrected chi connectivity index (χ1v) is 5.77. The highest BCUT2D eigenvalue weighted by Gasteiger charge is 2.06. The van der Waals surface area contributed by atoms with Crippen molar-refractivity contribution in [3.8, 4) is 6.07 Å². The summed E-state index contributed by atoms with van der Waals surface area (Å²) < 4.78 is 0. The van der Waals surface area contributed by atoms with Crippen molar-refractivity contribution < 1.29 is 0 Å². The molecule has 0 saturated heterocycles. The predicted octanol–water partition coefficient (Wildman–Crippen LogP) is 3.30. The lowest BCUT2D eigenvalue weighted by molar-refractivity contribution is 0.288. The second kappa shape index (κ2) is 5.89. The van der Waals surface area contributed by atoms with Gasteiger partial charge in [-0.3, -0.25) is 0 Å². The van der Waals surface area contributed by atoms with Gasteiger partial charge in [0.25, 0.3) is 0 Å². The zero-order valence-electron chi connectivity index (χ0n) is 10.00. The predicted molar refractivity (Wildman–Crippen MR) is 67.3 cm³/mol. The van der Waals surface area contributed by atoms with Gasteiger partial charge >= 0.3 is 0 Å². The molecular weight excluding hydrogens is 220 g/mol. The molecule has 0 N–H and O–H groups in total. The van der Waals surface area contributed by atoms with E-state index >= 15 is 0 Å². The summed E-state index contributed by atoms with van der Waals surface area (Å²) in [5, 5.41) is 9.41. The normalized spacial score (nSPS) is 10.8. The maximum atomic E-state index is 8.73. The van der Waals surface area contributed by atoms with Crippen molar-refractivity contribution in [3.63, 3.8) is 0 Å². The molecule has 0 fully saturated rings. The average Bonchev–Trinajstić information content (AvgIpc) is 2.19. The minimum atomic E-state index is 0.611. The molecule has 0 unspecified atom stereocenters. The third kappa shape index (κ3) is 3.84. The van der Waals surface area contributed by atoms with E-state index in [2.05, 4.69) is 31.9 Å². The molecule has 1 rings (SSSR count). The monoisotopic (exact) mass is 236 g/mol. The average molecular weight is 237 g/mol. The fraction of sp³-hybridized carbons (Fsp3) is 0.462. The van der Waals surface area contributed by atoms with Gasteiger partial charge < -0.3 is 4.90 Å². The quantitative estimate of drug-likeness (QED) is 0.802. The Kier molecular flexibility index (Phi) is 4.79. The molecule has 1 aromatic rings. The molecule has 3 heteroatoms. The molecule has 0 bridgehead atoms. The van der Waals surface area contributed by atoms with Crippen LogP contribution >= 0.6 is 11.6 Å². The highest BCUT2D eigenvalue weighted by Crippen LogP contribution is 2.19. The molecule has 1 aromatic carbocycles. The Hall–Kier alpha value is -1.04. The van der Waals surface area contributed by atoms with E-state index in [1.54, 1.807) is 6.07 Å². The summed E-state index contributed by atoms with van der Waals surface area (Å²) >= 11 is 6.11. The highest BCUT2D eigenvalue weighted by atomic mass is 35.5. The fourth-order valence-electron chi connectivity index (χ4n) is 1.72. The SMILES string of the molecule is CC(C)CN(C)Cc1ccc(C#N)cc1Cl. The lowest BCUT2D eigenvalue weighted by atomic mass is 10.1. The minimum absolute atomic E-state index is 0.611. The molecule has 0 amide bonds. The molecule has 0 saturated carbocycles. The topological polar surface area (TPSA) is 27.0 Å². The van der Waals surface area contributed by atoms with Crippen molar-refractivity contribution in [2.24, 2.45) is 5.92 Å². The van der Waals surface area contributed by atoms with Crippen LogP contribution in [0.4, 0.5) is 0 Å². The molecule has 0 aliphatic heterocycles. The van der Waals surface area contributed by atoms with Crippen molar-refractivity contribution in [2.75, 3.05) is 13.6 Å². The Morgan fingerprint density at radius 3 is 2.62 bits per heavy atom. The molecular formula is C13H17ClN2. The number of nitriles is 1. The first-order chi connectivity index (χ1) is 7.52. The molecule has 0 heterocycles. The van der Waals surface area contributed by atoms with E-state index in [0.717, 1.165) is 18.7 Å². The lowest BCUT2D eigenvalue weighted by Gasteiger charge is -2.19. The molecule has 0 atom stereocenters. The third-order valence-corrected chi connectivity index (χ3v) is 2.65. The van der Waals surface area contributed by atoms with Crippen LogP contribution in [0.3, 0.4) is 0 Å². The fourth-order valence-corrected chi connectivity index (χ4v) is 1.96. The van der Waals surface area contributed by atoms with Gasteiger partial charge in [-0.25, -0.2) is 0 Å². The zero-order valence-corrected chi connectivity index (χ0v) is 10.8. The molecule has 16 heavy (non-hydrogen) atoms. The van der Waals surface area contributed by atoms with Gasteiger partial charge in [-0.05, 0) is 30.7 Å². The van der Waals surface area contributed by atoms with Gasteiger partial charge in [0, 0.05) is 18.1 Å². The number of hydrogen-bond donors (Lipinski definition) is 0. The number of hydrogen-bond acceptors (Lipinski definition) is 2. The smallest absolute Gasteiger partial charge is 0.0992 e. The molecule has 0 aliphatic rings. The van der Waals surface area contributed by atoms with Gasteiger partial charge in [0.1, 0.15) is 0 Å². The number of halogens is 1. The van der Waals surface area contributed by atoms with Crippen molar-refractivity contribution in [2.45, 2.75) is 20.4 Å². The Labute approximate surface area is 102 Å². The maximum absolute atomic E-state index is 8.73. The maximum Gasteiger partial charge on any atom is 0.0992 e. The molecule has 0 radical (unpaired) electrons. The van der Waals surface area contributed by atoms with Crippen LogP contribution in [0.15, 0.2) is 18.2 Å². The third-order valence-electron chi connectivity index (χ3n) is 2.30. The van der Waals surface area contributed by atoms with Crippen molar-refractivity contribution in [1.29, 1.82) is 5.26 Å². The van der Waals surface area contributed by atoms with Crippen LogP contribution < -0.4 is 0 Å². The first kappa shape index (κ1) is 13.0. The molecule has 2 nitrogen and oxygen atoms in total. The Morgan fingerprint density at radius 1 is 1.44 bits per heavy atom. The molecule has 0 spiro atoms. The van der Waals surface area contributed by atoms with Gasteiger partial charge in [0.15, 0.2) is 0 Å². The summed E-state index contributed by atoms with van der Waals surface area (Å²) in [6.07, 6.45) is 0. The first-order valence-electron chi connectivity index (χ1n) is 5.40. The van der Waals surface area contributed by atoms with Gasteiger partial charge in [-0.2, -0.15) is 5.26 Å². The molecule has 0 aromatic heterocycles. The van der Waals surface area contributed by atoms with Gasteiger partial charge in [-0.1, -0.05) is 31.5 Å². The summed E-state index contributed by atoms with van der Waals surface area (Å²) in [6, 6.07) is 7.54. The summed E-state index contributed by atoms with van der Waals surface area (Å²) in [5.74, 6) is 0.641. The van der Waals surface area contributed by atoms with Crippen LogP contribution in [-0.2, 0) is 6.54 Å². The van der Waals surface area contributed by atoms with Crippen molar-refractivity contribution in [1.82, 2.24) is 4.90 Å².